The minimum Gasteiger partial charge on any atom is -0.345 e. The predicted molar refractivity (Wildman–Crippen MR) is 113 cm³/mol. The number of thioether (sulfide) groups is 1. The fraction of sp³-hybridized carbons (Fsp3) is 0.261. The van der Waals surface area contributed by atoms with Crippen molar-refractivity contribution in [3.8, 4) is 0 Å². The number of hydrogen-bond donors (Lipinski definition) is 0. The van der Waals surface area contributed by atoms with Crippen molar-refractivity contribution in [3.63, 3.8) is 0 Å². The van der Waals surface area contributed by atoms with E-state index in [0.717, 1.165) is 17.1 Å². The van der Waals surface area contributed by atoms with E-state index in [1.165, 1.54) is 5.56 Å². The van der Waals surface area contributed by atoms with Crippen LogP contribution in [0.5, 0.6) is 0 Å². The summed E-state index contributed by atoms with van der Waals surface area (Å²) in [6.45, 7) is 5.61. The van der Waals surface area contributed by atoms with Gasteiger partial charge in [0.05, 0.1) is 12.3 Å². The van der Waals surface area contributed by atoms with Crippen LogP contribution in [0.4, 0.5) is 0 Å². The molecule has 27 heavy (non-hydrogen) atoms. The van der Waals surface area contributed by atoms with Gasteiger partial charge in [0, 0.05) is 29.4 Å². The second kappa shape index (κ2) is 9.47. The topological polar surface area (TPSA) is 25.2 Å². The van der Waals surface area contributed by atoms with Gasteiger partial charge in [-0.25, -0.2) is 0 Å². The minimum absolute atomic E-state index is 0.161. The van der Waals surface area contributed by atoms with E-state index >= 15 is 0 Å². The van der Waals surface area contributed by atoms with Crippen molar-refractivity contribution in [2.24, 2.45) is 0 Å². The molecule has 3 rings (SSSR count). The molecule has 1 amide bonds. The smallest absolute Gasteiger partial charge is 0.233 e. The highest BCUT2D eigenvalue weighted by atomic mass is 32.2. The number of hydrogen-bond acceptors (Lipinski definition) is 2. The van der Waals surface area contributed by atoms with E-state index in [9.17, 15) is 4.79 Å². The van der Waals surface area contributed by atoms with Crippen LogP contribution < -0.4 is 0 Å². The first kappa shape index (κ1) is 19.3. The molecule has 0 N–H and O–H groups in total. The van der Waals surface area contributed by atoms with E-state index in [1.807, 2.05) is 41.3 Å². The first-order valence-electron chi connectivity index (χ1n) is 9.29. The normalized spacial score (nSPS) is 10.9. The summed E-state index contributed by atoms with van der Waals surface area (Å²) in [5.41, 5.74) is 2.42. The van der Waals surface area contributed by atoms with Crippen LogP contribution in [0.2, 0.25) is 0 Å². The van der Waals surface area contributed by atoms with Gasteiger partial charge in [0.15, 0.2) is 0 Å². The third kappa shape index (κ3) is 5.51. The number of aromatic nitrogens is 1. The van der Waals surface area contributed by atoms with E-state index in [-0.39, 0.29) is 11.9 Å². The van der Waals surface area contributed by atoms with Gasteiger partial charge in [-0.05, 0) is 43.7 Å². The molecular formula is C23H26N2OS. The Morgan fingerprint density at radius 3 is 2.30 bits per heavy atom. The van der Waals surface area contributed by atoms with E-state index in [0.29, 0.717) is 12.3 Å². The highest BCUT2D eigenvalue weighted by Crippen LogP contribution is 2.19. The fourth-order valence-corrected chi connectivity index (χ4v) is 3.81. The fourth-order valence-electron chi connectivity index (χ4n) is 3.01. The van der Waals surface area contributed by atoms with E-state index in [2.05, 4.69) is 61.0 Å². The van der Waals surface area contributed by atoms with Gasteiger partial charge in [0.25, 0.3) is 0 Å². The maximum Gasteiger partial charge on any atom is 0.233 e. The Kier molecular flexibility index (Phi) is 6.77. The number of benzene rings is 2. The number of carbonyl (C=O) groups excluding carboxylic acids is 1. The molecular weight excluding hydrogens is 352 g/mol. The zero-order valence-corrected chi connectivity index (χ0v) is 16.7. The first-order chi connectivity index (χ1) is 13.1. The second-order valence-corrected chi connectivity index (χ2v) is 7.88. The average Bonchev–Trinajstić information content (AvgIpc) is 3.12. The molecule has 0 aliphatic heterocycles. The standard InChI is InChI=1S/C23H26N2OS/c1-19(2)25(23(26)18-27-22-13-7-4-8-14-22)17-21-12-9-15-24(21)16-20-10-5-3-6-11-20/h3-15,19H,16-18H2,1-2H3. The van der Waals surface area contributed by atoms with Crippen molar-refractivity contribution in [2.75, 3.05) is 5.75 Å². The molecule has 0 aliphatic carbocycles. The summed E-state index contributed by atoms with van der Waals surface area (Å²) < 4.78 is 2.22. The Balaban J connectivity index is 1.66. The van der Waals surface area contributed by atoms with Gasteiger partial charge >= 0.3 is 0 Å². The zero-order valence-electron chi connectivity index (χ0n) is 15.9. The summed E-state index contributed by atoms with van der Waals surface area (Å²) in [5, 5.41) is 0. The second-order valence-electron chi connectivity index (χ2n) is 6.83. The van der Waals surface area contributed by atoms with Crippen LogP contribution in [-0.4, -0.2) is 27.2 Å². The molecule has 0 fully saturated rings. The number of rotatable bonds is 8. The highest BCUT2D eigenvalue weighted by Gasteiger charge is 2.19. The lowest BCUT2D eigenvalue weighted by molar-refractivity contribution is -0.130. The third-order valence-electron chi connectivity index (χ3n) is 4.50. The molecule has 140 valence electrons. The quantitative estimate of drug-likeness (QED) is 0.512. The maximum absolute atomic E-state index is 12.8. The Bertz CT molecular complexity index is 843. The van der Waals surface area contributed by atoms with Crippen molar-refractivity contribution in [1.29, 1.82) is 0 Å². The minimum atomic E-state index is 0.161. The lowest BCUT2D eigenvalue weighted by Crippen LogP contribution is -2.38. The molecule has 0 atom stereocenters. The van der Waals surface area contributed by atoms with Gasteiger partial charge in [-0.2, -0.15) is 0 Å². The molecule has 1 heterocycles. The molecule has 3 aromatic rings. The molecule has 0 spiro atoms. The van der Waals surface area contributed by atoms with Gasteiger partial charge < -0.3 is 9.47 Å². The van der Waals surface area contributed by atoms with E-state index in [1.54, 1.807) is 11.8 Å². The van der Waals surface area contributed by atoms with Gasteiger partial charge in [0.2, 0.25) is 5.91 Å². The molecule has 0 aliphatic rings. The van der Waals surface area contributed by atoms with Crippen LogP contribution in [0.1, 0.15) is 25.1 Å². The molecule has 2 aromatic carbocycles. The first-order valence-corrected chi connectivity index (χ1v) is 10.3. The summed E-state index contributed by atoms with van der Waals surface area (Å²) in [6.07, 6.45) is 2.09. The summed E-state index contributed by atoms with van der Waals surface area (Å²) in [6, 6.07) is 24.8. The lowest BCUT2D eigenvalue weighted by atomic mass is 10.2. The number of carbonyl (C=O) groups is 1. The van der Waals surface area contributed by atoms with Crippen molar-refractivity contribution in [1.82, 2.24) is 9.47 Å². The number of amides is 1. The van der Waals surface area contributed by atoms with E-state index < -0.39 is 0 Å². The Morgan fingerprint density at radius 1 is 0.963 bits per heavy atom. The molecule has 3 nitrogen and oxygen atoms in total. The highest BCUT2D eigenvalue weighted by molar-refractivity contribution is 8.00. The Hall–Kier alpha value is -2.46. The van der Waals surface area contributed by atoms with Crippen LogP contribution >= 0.6 is 11.8 Å². The monoisotopic (exact) mass is 378 g/mol. The third-order valence-corrected chi connectivity index (χ3v) is 5.50. The van der Waals surface area contributed by atoms with Crippen molar-refractivity contribution < 1.29 is 4.79 Å². The molecule has 0 radical (unpaired) electrons. The van der Waals surface area contributed by atoms with Crippen LogP contribution in [0.15, 0.2) is 83.9 Å². The largest absolute Gasteiger partial charge is 0.345 e. The SMILES string of the molecule is CC(C)N(Cc1cccn1Cc1ccccc1)C(=O)CSc1ccccc1. The average molecular weight is 379 g/mol. The summed E-state index contributed by atoms with van der Waals surface area (Å²) >= 11 is 1.60. The molecule has 4 heteroatoms. The van der Waals surface area contributed by atoms with Gasteiger partial charge in [-0.1, -0.05) is 48.5 Å². The van der Waals surface area contributed by atoms with Gasteiger partial charge in [-0.15, -0.1) is 11.8 Å². The van der Waals surface area contributed by atoms with Gasteiger partial charge in [-0.3, -0.25) is 4.79 Å². The van der Waals surface area contributed by atoms with Crippen LogP contribution in [0, 0.1) is 0 Å². The Morgan fingerprint density at radius 2 is 1.63 bits per heavy atom. The number of nitrogens with zero attached hydrogens (tertiary/aromatic N) is 2. The zero-order chi connectivity index (χ0) is 19.1. The summed E-state index contributed by atoms with van der Waals surface area (Å²) in [4.78, 5) is 15.9. The lowest BCUT2D eigenvalue weighted by Gasteiger charge is -2.27. The summed E-state index contributed by atoms with van der Waals surface area (Å²) in [7, 11) is 0. The van der Waals surface area contributed by atoms with Crippen LogP contribution in [0.3, 0.4) is 0 Å². The van der Waals surface area contributed by atoms with Crippen LogP contribution in [0.25, 0.3) is 0 Å². The maximum atomic E-state index is 12.8. The Labute approximate surface area is 166 Å². The van der Waals surface area contributed by atoms with Crippen molar-refractivity contribution in [3.05, 3.63) is 90.3 Å². The van der Waals surface area contributed by atoms with Crippen LogP contribution in [-0.2, 0) is 17.9 Å². The van der Waals surface area contributed by atoms with Gasteiger partial charge in [0.1, 0.15) is 0 Å². The molecule has 0 saturated carbocycles. The molecule has 0 saturated heterocycles. The molecule has 1 aromatic heterocycles. The van der Waals surface area contributed by atoms with Crippen molar-refractivity contribution in [2.45, 2.75) is 37.9 Å². The molecule has 0 unspecified atom stereocenters. The molecule has 0 bridgehead atoms. The van der Waals surface area contributed by atoms with E-state index in [4.69, 9.17) is 0 Å². The predicted octanol–water partition coefficient (Wildman–Crippen LogP) is 5.07. The van der Waals surface area contributed by atoms with Crippen molar-refractivity contribution >= 4 is 17.7 Å². The summed E-state index contributed by atoms with van der Waals surface area (Å²) in [5.74, 6) is 0.632.